The van der Waals surface area contributed by atoms with E-state index in [2.05, 4.69) is 10.3 Å². The molecule has 1 aliphatic heterocycles. The molecule has 2 aromatic rings. The van der Waals surface area contributed by atoms with Crippen LogP contribution < -0.4 is 5.32 Å². The van der Waals surface area contributed by atoms with Crippen LogP contribution in [0.5, 0.6) is 0 Å². The molecule has 0 bridgehead atoms. The fraction of sp³-hybridized carbons (Fsp3) is 0.385. The highest BCUT2D eigenvalue weighted by Crippen LogP contribution is 2.17. The maximum atomic E-state index is 12.2. The van der Waals surface area contributed by atoms with Crippen molar-refractivity contribution in [2.24, 2.45) is 7.05 Å². The highest BCUT2D eigenvalue weighted by Gasteiger charge is 2.23. The first kappa shape index (κ1) is 10.5. The average molecular weight is 229 g/mol. The molecule has 4 nitrogen and oxygen atoms in total. The highest BCUT2D eigenvalue weighted by atomic mass is 16.1. The van der Waals surface area contributed by atoms with Gasteiger partial charge in [-0.1, -0.05) is 0 Å². The molecule has 1 unspecified atom stereocenters. The summed E-state index contributed by atoms with van der Waals surface area (Å²) < 4.78 is 1.96. The molecule has 0 spiro atoms. The van der Waals surface area contributed by atoms with Gasteiger partial charge in [0, 0.05) is 12.6 Å². The number of rotatable bonds is 2. The number of ketones is 1. The molecule has 0 amide bonds. The summed E-state index contributed by atoms with van der Waals surface area (Å²) in [5.41, 5.74) is 2.70. The summed E-state index contributed by atoms with van der Waals surface area (Å²) in [5.74, 6) is 0.190. The van der Waals surface area contributed by atoms with Crippen molar-refractivity contribution in [3.63, 3.8) is 0 Å². The molecule has 0 saturated carbocycles. The van der Waals surface area contributed by atoms with E-state index in [0.29, 0.717) is 0 Å². The van der Waals surface area contributed by atoms with Crippen molar-refractivity contribution in [1.29, 1.82) is 0 Å². The SMILES string of the molecule is Cn1cnc2cc(C(=O)C3CCCN3)ccc21. The summed E-state index contributed by atoms with van der Waals surface area (Å²) in [4.78, 5) is 16.5. The van der Waals surface area contributed by atoms with Gasteiger partial charge in [0.1, 0.15) is 0 Å². The number of carbonyl (C=O) groups excluding carboxylic acids is 1. The molecule has 4 heteroatoms. The Morgan fingerprint density at radius 2 is 2.41 bits per heavy atom. The van der Waals surface area contributed by atoms with E-state index < -0.39 is 0 Å². The van der Waals surface area contributed by atoms with Gasteiger partial charge in [-0.25, -0.2) is 4.98 Å². The van der Waals surface area contributed by atoms with Crippen LogP contribution >= 0.6 is 0 Å². The molecular formula is C13H15N3O. The molecule has 1 aromatic carbocycles. The Morgan fingerprint density at radius 1 is 1.53 bits per heavy atom. The minimum atomic E-state index is -0.00355. The third kappa shape index (κ3) is 1.74. The third-order valence-corrected chi connectivity index (χ3v) is 3.39. The van der Waals surface area contributed by atoms with E-state index in [1.54, 1.807) is 6.33 Å². The van der Waals surface area contributed by atoms with Crippen molar-refractivity contribution >= 4 is 16.8 Å². The van der Waals surface area contributed by atoms with E-state index >= 15 is 0 Å². The number of fused-ring (bicyclic) bond motifs is 1. The lowest BCUT2D eigenvalue weighted by Gasteiger charge is -2.08. The highest BCUT2D eigenvalue weighted by molar-refractivity contribution is 6.02. The quantitative estimate of drug-likeness (QED) is 0.794. The number of benzene rings is 1. The van der Waals surface area contributed by atoms with Crippen LogP contribution in [0.15, 0.2) is 24.5 Å². The average Bonchev–Trinajstić information content (AvgIpc) is 2.98. The maximum absolute atomic E-state index is 12.2. The Bertz CT molecular complexity index is 567. The zero-order valence-corrected chi connectivity index (χ0v) is 9.81. The number of hydrogen-bond acceptors (Lipinski definition) is 3. The van der Waals surface area contributed by atoms with E-state index in [0.717, 1.165) is 36.0 Å². The van der Waals surface area contributed by atoms with Gasteiger partial charge in [-0.2, -0.15) is 0 Å². The smallest absolute Gasteiger partial charge is 0.179 e. The molecule has 1 N–H and O–H groups in total. The molecule has 1 atom stereocenters. The van der Waals surface area contributed by atoms with Gasteiger partial charge in [0.15, 0.2) is 5.78 Å². The number of nitrogens with one attached hydrogen (secondary N) is 1. The number of aryl methyl sites for hydroxylation is 1. The van der Waals surface area contributed by atoms with Crippen LogP contribution in [0.1, 0.15) is 23.2 Å². The molecule has 1 fully saturated rings. The van der Waals surface area contributed by atoms with Crippen LogP contribution in [-0.4, -0.2) is 27.9 Å². The van der Waals surface area contributed by atoms with Gasteiger partial charge >= 0.3 is 0 Å². The number of carbonyl (C=O) groups is 1. The normalized spacial score (nSPS) is 19.9. The molecule has 1 aliphatic rings. The van der Waals surface area contributed by atoms with Gasteiger partial charge in [0.05, 0.1) is 23.4 Å². The number of imidazole rings is 1. The van der Waals surface area contributed by atoms with Crippen LogP contribution in [-0.2, 0) is 7.05 Å². The first-order chi connectivity index (χ1) is 8.25. The molecule has 3 rings (SSSR count). The van der Waals surface area contributed by atoms with E-state index in [-0.39, 0.29) is 11.8 Å². The third-order valence-electron chi connectivity index (χ3n) is 3.39. The monoisotopic (exact) mass is 229 g/mol. The summed E-state index contributed by atoms with van der Waals surface area (Å²) >= 11 is 0. The van der Waals surface area contributed by atoms with Gasteiger partial charge in [-0.15, -0.1) is 0 Å². The number of Topliss-reactive ketones (excluding diaryl/α,β-unsaturated/α-hetero) is 1. The minimum absolute atomic E-state index is 0.00355. The number of nitrogens with zero attached hydrogens (tertiary/aromatic N) is 2. The Labute approximate surface area is 99.6 Å². The predicted octanol–water partition coefficient (Wildman–Crippen LogP) is 1.51. The van der Waals surface area contributed by atoms with Gasteiger partial charge in [-0.3, -0.25) is 4.79 Å². The van der Waals surface area contributed by atoms with Crippen LogP contribution in [0.2, 0.25) is 0 Å². The summed E-state index contributed by atoms with van der Waals surface area (Å²) in [6.07, 6.45) is 3.80. The molecule has 2 heterocycles. The minimum Gasteiger partial charge on any atom is -0.334 e. The fourth-order valence-electron chi connectivity index (χ4n) is 2.40. The number of hydrogen-bond donors (Lipinski definition) is 1. The second-order valence-electron chi connectivity index (χ2n) is 4.57. The van der Waals surface area contributed by atoms with Crippen LogP contribution in [0, 0.1) is 0 Å². The first-order valence-corrected chi connectivity index (χ1v) is 5.94. The van der Waals surface area contributed by atoms with Gasteiger partial charge in [-0.05, 0) is 37.6 Å². The van der Waals surface area contributed by atoms with E-state index in [9.17, 15) is 4.79 Å². The lowest BCUT2D eigenvalue weighted by molar-refractivity contribution is 0.0952. The molecule has 1 aromatic heterocycles. The number of aromatic nitrogens is 2. The molecule has 0 radical (unpaired) electrons. The largest absolute Gasteiger partial charge is 0.334 e. The first-order valence-electron chi connectivity index (χ1n) is 5.94. The lowest BCUT2D eigenvalue weighted by Crippen LogP contribution is -2.30. The summed E-state index contributed by atoms with van der Waals surface area (Å²) in [6.45, 7) is 0.947. The van der Waals surface area contributed by atoms with Crippen molar-refractivity contribution in [1.82, 2.24) is 14.9 Å². The summed E-state index contributed by atoms with van der Waals surface area (Å²) in [7, 11) is 1.95. The zero-order valence-electron chi connectivity index (χ0n) is 9.81. The Morgan fingerprint density at radius 3 is 3.18 bits per heavy atom. The van der Waals surface area contributed by atoms with Crippen molar-refractivity contribution in [2.45, 2.75) is 18.9 Å². The van der Waals surface area contributed by atoms with Crippen molar-refractivity contribution in [2.75, 3.05) is 6.54 Å². The Hall–Kier alpha value is -1.68. The van der Waals surface area contributed by atoms with Gasteiger partial charge in [0.25, 0.3) is 0 Å². The molecule has 1 saturated heterocycles. The molecular weight excluding hydrogens is 214 g/mol. The summed E-state index contributed by atoms with van der Waals surface area (Å²) in [6, 6.07) is 5.74. The topological polar surface area (TPSA) is 46.9 Å². The molecule has 88 valence electrons. The van der Waals surface area contributed by atoms with Crippen LogP contribution in [0.4, 0.5) is 0 Å². The van der Waals surface area contributed by atoms with Gasteiger partial charge in [0.2, 0.25) is 0 Å². The van der Waals surface area contributed by atoms with E-state index in [1.165, 1.54) is 0 Å². The van der Waals surface area contributed by atoms with Crippen molar-refractivity contribution in [3.05, 3.63) is 30.1 Å². The predicted molar refractivity (Wildman–Crippen MR) is 66.1 cm³/mol. The Balaban J connectivity index is 1.97. The second-order valence-corrected chi connectivity index (χ2v) is 4.57. The molecule has 17 heavy (non-hydrogen) atoms. The zero-order chi connectivity index (χ0) is 11.8. The van der Waals surface area contributed by atoms with Gasteiger partial charge < -0.3 is 9.88 Å². The van der Waals surface area contributed by atoms with E-state index in [4.69, 9.17) is 0 Å². The van der Waals surface area contributed by atoms with Crippen molar-refractivity contribution < 1.29 is 4.79 Å². The molecule has 0 aliphatic carbocycles. The van der Waals surface area contributed by atoms with Crippen molar-refractivity contribution in [3.8, 4) is 0 Å². The van der Waals surface area contributed by atoms with Crippen LogP contribution in [0.25, 0.3) is 11.0 Å². The van der Waals surface area contributed by atoms with Crippen LogP contribution in [0.3, 0.4) is 0 Å². The maximum Gasteiger partial charge on any atom is 0.179 e. The standard InChI is InChI=1S/C13H15N3O/c1-16-8-15-11-7-9(4-5-12(11)16)13(17)10-3-2-6-14-10/h4-5,7-8,10,14H,2-3,6H2,1H3. The Kier molecular flexibility index (Phi) is 2.44. The fourth-order valence-corrected chi connectivity index (χ4v) is 2.40. The lowest BCUT2D eigenvalue weighted by atomic mass is 10.0. The second kappa shape index (κ2) is 3.96. The summed E-state index contributed by atoms with van der Waals surface area (Å²) in [5, 5.41) is 3.23. The van der Waals surface area contributed by atoms with E-state index in [1.807, 2.05) is 29.8 Å².